The quantitative estimate of drug-likeness (QED) is 0.505. The van der Waals surface area contributed by atoms with Gasteiger partial charge in [0.05, 0.1) is 6.20 Å². The molecule has 136 valence electrons. The average Bonchev–Trinajstić information content (AvgIpc) is 3.28. The summed E-state index contributed by atoms with van der Waals surface area (Å²) in [5.74, 6) is -0.197. The summed E-state index contributed by atoms with van der Waals surface area (Å²) >= 11 is 3.35. The molecular weight excluding hydrogens is 414 g/mol. The molecule has 0 saturated heterocycles. The normalized spacial score (nSPS) is 10.9. The molecule has 0 spiro atoms. The van der Waals surface area contributed by atoms with Crippen LogP contribution in [0.2, 0.25) is 0 Å². The summed E-state index contributed by atoms with van der Waals surface area (Å²) in [5.41, 5.74) is 2.79. The van der Waals surface area contributed by atoms with Crippen molar-refractivity contribution in [3.8, 4) is 0 Å². The van der Waals surface area contributed by atoms with Gasteiger partial charge in [0.25, 0.3) is 0 Å². The number of benzene rings is 2. The SMILES string of the molecule is O=C(Cn1cc(COn2nnc3ccccc32)nn1)Nc1ccc(Br)cc1. The number of carbonyl (C=O) groups excluding carboxylic acids is 1. The van der Waals surface area contributed by atoms with E-state index in [2.05, 4.69) is 41.9 Å². The van der Waals surface area contributed by atoms with Gasteiger partial charge >= 0.3 is 0 Å². The molecule has 2 heterocycles. The fourth-order valence-electron chi connectivity index (χ4n) is 2.43. The third-order valence-electron chi connectivity index (χ3n) is 3.68. The van der Waals surface area contributed by atoms with Crippen LogP contribution in [0, 0.1) is 0 Å². The van der Waals surface area contributed by atoms with Crippen molar-refractivity contribution in [2.24, 2.45) is 0 Å². The predicted molar refractivity (Wildman–Crippen MR) is 101 cm³/mol. The van der Waals surface area contributed by atoms with Crippen molar-refractivity contribution < 1.29 is 9.63 Å². The Balaban J connectivity index is 1.34. The maximum absolute atomic E-state index is 12.1. The molecule has 10 heteroatoms. The molecule has 0 bridgehead atoms. The van der Waals surface area contributed by atoms with E-state index in [9.17, 15) is 4.79 Å². The molecule has 9 nitrogen and oxygen atoms in total. The summed E-state index contributed by atoms with van der Waals surface area (Å²) in [6, 6.07) is 14.8. The third kappa shape index (κ3) is 4.11. The Labute approximate surface area is 162 Å². The molecule has 2 aromatic carbocycles. The molecule has 0 radical (unpaired) electrons. The number of nitrogens with one attached hydrogen (secondary N) is 1. The first-order chi connectivity index (χ1) is 13.2. The molecule has 0 unspecified atom stereocenters. The van der Waals surface area contributed by atoms with Crippen molar-refractivity contribution in [2.75, 3.05) is 5.32 Å². The summed E-state index contributed by atoms with van der Waals surface area (Å²) in [4.78, 5) is 19.0. The number of anilines is 1. The maximum atomic E-state index is 12.1. The Kier molecular flexibility index (Phi) is 4.79. The Morgan fingerprint density at radius 1 is 1.07 bits per heavy atom. The maximum Gasteiger partial charge on any atom is 0.246 e. The van der Waals surface area contributed by atoms with Gasteiger partial charge in [0.15, 0.2) is 6.61 Å². The molecule has 0 atom stereocenters. The van der Waals surface area contributed by atoms with Gasteiger partial charge in [-0.1, -0.05) is 38.1 Å². The Morgan fingerprint density at radius 2 is 1.89 bits per heavy atom. The molecule has 1 amide bonds. The van der Waals surface area contributed by atoms with Crippen LogP contribution in [0.3, 0.4) is 0 Å². The van der Waals surface area contributed by atoms with Crippen molar-refractivity contribution in [1.82, 2.24) is 30.2 Å². The van der Waals surface area contributed by atoms with Gasteiger partial charge in [-0.15, -0.1) is 10.2 Å². The number of fused-ring (bicyclic) bond motifs is 1. The molecular formula is C17H14BrN7O2. The number of halogens is 1. The lowest BCUT2D eigenvalue weighted by molar-refractivity contribution is -0.116. The van der Waals surface area contributed by atoms with Crippen LogP contribution < -0.4 is 10.2 Å². The number of amides is 1. The zero-order valence-electron chi connectivity index (χ0n) is 14.0. The fraction of sp³-hybridized carbons (Fsp3) is 0.118. The largest absolute Gasteiger partial charge is 0.388 e. The van der Waals surface area contributed by atoms with Gasteiger partial charge in [-0.2, -0.15) is 0 Å². The van der Waals surface area contributed by atoms with Crippen LogP contribution in [0.4, 0.5) is 5.69 Å². The highest BCUT2D eigenvalue weighted by atomic mass is 79.9. The van der Waals surface area contributed by atoms with Crippen molar-refractivity contribution in [3.05, 3.63) is 64.9 Å². The van der Waals surface area contributed by atoms with Crippen molar-refractivity contribution in [3.63, 3.8) is 0 Å². The molecule has 0 aliphatic carbocycles. The second-order valence-corrected chi connectivity index (χ2v) is 6.60. The molecule has 1 N–H and O–H groups in total. The van der Waals surface area contributed by atoms with Gasteiger partial charge in [-0.3, -0.25) is 4.79 Å². The first kappa shape index (κ1) is 17.2. The molecule has 4 aromatic rings. The van der Waals surface area contributed by atoms with Crippen LogP contribution in [0.15, 0.2) is 59.2 Å². The summed E-state index contributed by atoms with van der Waals surface area (Å²) < 4.78 is 2.40. The average molecular weight is 428 g/mol. The zero-order valence-corrected chi connectivity index (χ0v) is 15.6. The summed E-state index contributed by atoms with van der Waals surface area (Å²) in [6.07, 6.45) is 1.65. The zero-order chi connectivity index (χ0) is 18.6. The van der Waals surface area contributed by atoms with E-state index >= 15 is 0 Å². The first-order valence-electron chi connectivity index (χ1n) is 8.05. The molecule has 0 aliphatic heterocycles. The molecule has 0 saturated carbocycles. The Morgan fingerprint density at radius 3 is 2.74 bits per heavy atom. The minimum Gasteiger partial charge on any atom is -0.388 e. The van der Waals surface area contributed by atoms with Gasteiger partial charge in [0.2, 0.25) is 5.91 Å². The summed E-state index contributed by atoms with van der Waals surface area (Å²) in [6.45, 7) is 0.205. The highest BCUT2D eigenvalue weighted by Crippen LogP contribution is 2.14. The third-order valence-corrected chi connectivity index (χ3v) is 4.20. The van der Waals surface area contributed by atoms with Gasteiger partial charge in [-0.05, 0) is 41.6 Å². The van der Waals surface area contributed by atoms with Crippen LogP contribution in [0.25, 0.3) is 11.0 Å². The van der Waals surface area contributed by atoms with Gasteiger partial charge in [-0.25, -0.2) is 4.68 Å². The summed E-state index contributed by atoms with van der Waals surface area (Å²) in [7, 11) is 0. The van der Waals surface area contributed by atoms with Crippen molar-refractivity contribution in [1.29, 1.82) is 0 Å². The van der Waals surface area contributed by atoms with E-state index in [-0.39, 0.29) is 19.1 Å². The number of rotatable bonds is 6. The number of para-hydroxylation sites is 1. The van der Waals surface area contributed by atoms with E-state index in [1.54, 1.807) is 6.20 Å². The minimum atomic E-state index is -0.197. The van der Waals surface area contributed by atoms with Crippen LogP contribution in [-0.4, -0.2) is 36.1 Å². The lowest BCUT2D eigenvalue weighted by Gasteiger charge is -2.05. The van der Waals surface area contributed by atoms with Crippen molar-refractivity contribution >= 4 is 38.6 Å². The topological polar surface area (TPSA) is 99.8 Å². The van der Waals surface area contributed by atoms with Crippen LogP contribution in [-0.2, 0) is 17.9 Å². The lowest BCUT2D eigenvalue weighted by atomic mass is 10.3. The molecule has 4 rings (SSSR count). The molecule has 27 heavy (non-hydrogen) atoms. The van der Waals surface area contributed by atoms with E-state index < -0.39 is 0 Å². The van der Waals surface area contributed by atoms with Gasteiger partial charge < -0.3 is 10.2 Å². The predicted octanol–water partition coefficient (Wildman–Crippen LogP) is 2.05. The van der Waals surface area contributed by atoms with Crippen LogP contribution in [0.5, 0.6) is 0 Å². The number of hydrogen-bond acceptors (Lipinski definition) is 6. The Hall–Kier alpha value is -3.27. The smallest absolute Gasteiger partial charge is 0.246 e. The van der Waals surface area contributed by atoms with E-state index in [0.717, 1.165) is 15.5 Å². The van der Waals surface area contributed by atoms with Gasteiger partial charge in [0.1, 0.15) is 23.3 Å². The van der Waals surface area contributed by atoms with E-state index in [4.69, 9.17) is 4.84 Å². The number of nitrogens with zero attached hydrogens (tertiary/aromatic N) is 6. The second kappa shape index (κ2) is 7.54. The minimum absolute atomic E-state index is 0.0509. The van der Waals surface area contributed by atoms with E-state index in [1.165, 1.54) is 9.53 Å². The standard InChI is InChI=1S/C17H14BrN7O2/c18-12-5-7-13(8-6-12)19-17(26)10-24-9-14(20-22-24)11-27-25-16-4-2-1-3-15(16)21-23-25/h1-9H,10-11H2,(H,19,26). The second-order valence-electron chi connectivity index (χ2n) is 5.69. The highest BCUT2D eigenvalue weighted by Gasteiger charge is 2.09. The fourth-order valence-corrected chi connectivity index (χ4v) is 2.70. The molecule has 0 aliphatic rings. The monoisotopic (exact) mass is 427 g/mol. The molecule has 2 aromatic heterocycles. The number of hydrogen-bond donors (Lipinski definition) is 1. The number of aromatic nitrogens is 6. The Bertz CT molecular complexity index is 1070. The number of carbonyl (C=O) groups is 1. The lowest BCUT2D eigenvalue weighted by Crippen LogP contribution is -2.19. The van der Waals surface area contributed by atoms with Gasteiger partial charge in [0, 0.05) is 10.2 Å². The summed E-state index contributed by atoms with van der Waals surface area (Å²) in [5, 5.41) is 18.7. The van der Waals surface area contributed by atoms with Crippen molar-refractivity contribution in [2.45, 2.75) is 13.2 Å². The van der Waals surface area contributed by atoms with E-state index in [1.807, 2.05) is 48.5 Å². The molecule has 0 fully saturated rings. The first-order valence-corrected chi connectivity index (χ1v) is 8.85. The van der Waals surface area contributed by atoms with Crippen LogP contribution >= 0.6 is 15.9 Å². The van der Waals surface area contributed by atoms with E-state index in [0.29, 0.717) is 11.4 Å². The highest BCUT2D eigenvalue weighted by molar-refractivity contribution is 9.10. The van der Waals surface area contributed by atoms with Crippen LogP contribution in [0.1, 0.15) is 5.69 Å².